The highest BCUT2D eigenvalue weighted by Gasteiger charge is 2.40. The van der Waals surface area contributed by atoms with E-state index in [0.29, 0.717) is 25.9 Å². The minimum Gasteiger partial charge on any atom is -0.444 e. The summed E-state index contributed by atoms with van der Waals surface area (Å²) in [6, 6.07) is -2.15. The lowest BCUT2D eigenvalue weighted by Crippen LogP contribution is -2.58. The molecule has 32 heavy (non-hydrogen) atoms. The third kappa shape index (κ3) is 7.67. The number of amides is 4. The van der Waals surface area contributed by atoms with Crippen molar-refractivity contribution in [1.29, 1.82) is 0 Å². The molecule has 184 valence electrons. The number of likely N-dealkylation sites (tertiary alicyclic amines) is 1. The minimum absolute atomic E-state index is 0.0942. The van der Waals surface area contributed by atoms with E-state index in [-0.39, 0.29) is 29.6 Å². The van der Waals surface area contributed by atoms with Crippen LogP contribution in [0.5, 0.6) is 0 Å². The van der Waals surface area contributed by atoms with Crippen molar-refractivity contribution in [2.75, 3.05) is 20.1 Å². The molecule has 0 saturated carbocycles. The zero-order valence-corrected chi connectivity index (χ0v) is 21.2. The summed E-state index contributed by atoms with van der Waals surface area (Å²) in [5.41, 5.74) is -0.686. The smallest absolute Gasteiger partial charge is 0.408 e. The molecule has 1 aliphatic heterocycles. The van der Waals surface area contributed by atoms with Gasteiger partial charge in [0.15, 0.2) is 0 Å². The highest BCUT2D eigenvalue weighted by atomic mass is 16.6. The molecule has 0 radical (unpaired) electrons. The standard InChI is InChI=1S/C23H42N4O5/c1-10-26(9)20(29)17(14(2)3)24-19(28)16-12-11-13-27(16)21(30)18(15(4)5)25-22(31)32-23(6,7)8/h14-18H,10-13H2,1-9H3,(H,24,28)(H,25,31)/t16-,17?,18-/m0/s1. The van der Waals surface area contributed by atoms with Crippen molar-refractivity contribution in [1.82, 2.24) is 20.4 Å². The van der Waals surface area contributed by atoms with Crippen molar-refractivity contribution in [3.63, 3.8) is 0 Å². The Morgan fingerprint density at radius 1 is 1.03 bits per heavy atom. The lowest BCUT2D eigenvalue weighted by Gasteiger charge is -2.32. The third-order valence-corrected chi connectivity index (χ3v) is 5.52. The van der Waals surface area contributed by atoms with Gasteiger partial charge in [0.05, 0.1) is 0 Å². The van der Waals surface area contributed by atoms with E-state index in [4.69, 9.17) is 4.74 Å². The molecule has 0 bridgehead atoms. The molecule has 3 atom stereocenters. The number of rotatable bonds is 8. The molecule has 1 aliphatic rings. The summed E-state index contributed by atoms with van der Waals surface area (Å²) in [5, 5.41) is 5.53. The summed E-state index contributed by atoms with van der Waals surface area (Å²) in [6.45, 7) is 15.5. The van der Waals surface area contributed by atoms with E-state index in [1.54, 1.807) is 32.7 Å². The fraction of sp³-hybridized carbons (Fsp3) is 0.826. The summed E-state index contributed by atoms with van der Waals surface area (Å²) in [5.74, 6) is -1.10. The average Bonchev–Trinajstić information content (AvgIpc) is 3.16. The first-order valence-corrected chi connectivity index (χ1v) is 11.5. The quantitative estimate of drug-likeness (QED) is 0.584. The fourth-order valence-electron chi connectivity index (χ4n) is 3.59. The molecule has 2 N–H and O–H groups in total. The van der Waals surface area contributed by atoms with Crippen LogP contribution in [0.15, 0.2) is 0 Å². The highest BCUT2D eigenvalue weighted by Crippen LogP contribution is 2.21. The Labute approximate surface area is 192 Å². The molecule has 9 heteroatoms. The molecule has 0 aromatic carbocycles. The third-order valence-electron chi connectivity index (χ3n) is 5.52. The monoisotopic (exact) mass is 454 g/mol. The average molecular weight is 455 g/mol. The number of nitrogens with one attached hydrogen (secondary N) is 2. The van der Waals surface area contributed by atoms with Crippen molar-refractivity contribution < 1.29 is 23.9 Å². The Morgan fingerprint density at radius 2 is 1.59 bits per heavy atom. The zero-order chi connectivity index (χ0) is 24.8. The number of carbonyl (C=O) groups excluding carboxylic acids is 4. The largest absolute Gasteiger partial charge is 0.444 e. The number of hydrogen-bond acceptors (Lipinski definition) is 5. The van der Waals surface area contributed by atoms with Gasteiger partial charge in [-0.2, -0.15) is 0 Å². The molecule has 0 aliphatic carbocycles. The van der Waals surface area contributed by atoms with Gasteiger partial charge in [-0.3, -0.25) is 14.4 Å². The van der Waals surface area contributed by atoms with Crippen LogP contribution in [-0.2, 0) is 19.1 Å². The van der Waals surface area contributed by atoms with E-state index < -0.39 is 29.8 Å². The Bertz CT molecular complexity index is 686. The van der Waals surface area contributed by atoms with Crippen LogP contribution in [0.3, 0.4) is 0 Å². The van der Waals surface area contributed by atoms with Crippen molar-refractivity contribution in [2.24, 2.45) is 11.8 Å². The van der Waals surface area contributed by atoms with Crippen molar-refractivity contribution in [3.8, 4) is 0 Å². The minimum atomic E-state index is -0.813. The van der Waals surface area contributed by atoms with Crippen LogP contribution in [0.1, 0.15) is 68.2 Å². The summed E-state index contributed by atoms with van der Waals surface area (Å²) in [6.07, 6.45) is 0.519. The van der Waals surface area contributed by atoms with E-state index in [1.165, 1.54) is 4.90 Å². The fourth-order valence-corrected chi connectivity index (χ4v) is 3.59. The van der Waals surface area contributed by atoms with Crippen LogP contribution in [0.2, 0.25) is 0 Å². The number of nitrogens with zero attached hydrogens (tertiary/aromatic N) is 2. The Hall–Kier alpha value is -2.32. The Kier molecular flexibility index (Phi) is 9.97. The predicted molar refractivity (Wildman–Crippen MR) is 123 cm³/mol. The van der Waals surface area contributed by atoms with E-state index in [1.807, 2.05) is 34.6 Å². The van der Waals surface area contributed by atoms with Crippen LogP contribution >= 0.6 is 0 Å². The summed E-state index contributed by atoms with van der Waals surface area (Å²) in [7, 11) is 1.70. The number of likely N-dealkylation sites (N-methyl/N-ethyl adjacent to an activating group) is 1. The highest BCUT2D eigenvalue weighted by molar-refractivity contribution is 5.94. The van der Waals surface area contributed by atoms with Gasteiger partial charge < -0.3 is 25.2 Å². The second kappa shape index (κ2) is 11.5. The predicted octanol–water partition coefficient (Wildman–Crippen LogP) is 2.15. The Balaban J connectivity index is 2.97. The second-order valence-electron chi connectivity index (χ2n) is 10.1. The molecule has 4 amide bonds. The molecular weight excluding hydrogens is 412 g/mol. The first kappa shape index (κ1) is 27.7. The molecule has 9 nitrogen and oxygen atoms in total. The lowest BCUT2D eigenvalue weighted by atomic mass is 10.0. The van der Waals surface area contributed by atoms with Gasteiger partial charge in [-0.15, -0.1) is 0 Å². The molecule has 0 aromatic rings. The maximum absolute atomic E-state index is 13.3. The summed E-state index contributed by atoms with van der Waals surface area (Å²) in [4.78, 5) is 54.5. The van der Waals surface area contributed by atoms with Crippen molar-refractivity contribution in [2.45, 2.75) is 92.0 Å². The van der Waals surface area contributed by atoms with Gasteiger partial charge in [0.1, 0.15) is 23.7 Å². The van der Waals surface area contributed by atoms with Crippen molar-refractivity contribution >= 4 is 23.8 Å². The van der Waals surface area contributed by atoms with Gasteiger partial charge in [0.2, 0.25) is 17.7 Å². The molecule has 1 heterocycles. The van der Waals surface area contributed by atoms with Gasteiger partial charge in [0, 0.05) is 20.1 Å². The molecule has 0 aromatic heterocycles. The van der Waals surface area contributed by atoms with Crippen LogP contribution in [0, 0.1) is 11.8 Å². The lowest BCUT2D eigenvalue weighted by molar-refractivity contribution is -0.142. The van der Waals surface area contributed by atoms with Gasteiger partial charge in [-0.05, 0) is 52.4 Å². The van der Waals surface area contributed by atoms with Gasteiger partial charge in [-0.25, -0.2) is 4.79 Å². The second-order valence-corrected chi connectivity index (χ2v) is 10.1. The molecule has 0 spiro atoms. The number of ether oxygens (including phenoxy) is 1. The van der Waals surface area contributed by atoms with Gasteiger partial charge >= 0.3 is 6.09 Å². The van der Waals surface area contributed by atoms with Crippen LogP contribution in [-0.4, -0.2) is 77.5 Å². The topological polar surface area (TPSA) is 108 Å². The molecule has 1 saturated heterocycles. The molecular formula is C23H42N4O5. The maximum atomic E-state index is 13.3. The molecule has 1 unspecified atom stereocenters. The molecule has 1 rings (SSSR count). The Morgan fingerprint density at radius 3 is 2.06 bits per heavy atom. The van der Waals surface area contributed by atoms with Crippen LogP contribution in [0.25, 0.3) is 0 Å². The van der Waals surface area contributed by atoms with E-state index in [9.17, 15) is 19.2 Å². The molecule has 1 fully saturated rings. The van der Waals surface area contributed by atoms with E-state index in [0.717, 1.165) is 0 Å². The van der Waals surface area contributed by atoms with Gasteiger partial charge in [0.25, 0.3) is 0 Å². The van der Waals surface area contributed by atoms with Gasteiger partial charge in [-0.1, -0.05) is 27.7 Å². The first-order valence-electron chi connectivity index (χ1n) is 11.5. The van der Waals surface area contributed by atoms with Crippen LogP contribution < -0.4 is 10.6 Å². The zero-order valence-electron chi connectivity index (χ0n) is 21.2. The van der Waals surface area contributed by atoms with E-state index in [2.05, 4.69) is 10.6 Å². The normalized spacial score (nSPS) is 18.3. The van der Waals surface area contributed by atoms with E-state index >= 15 is 0 Å². The summed E-state index contributed by atoms with van der Waals surface area (Å²) < 4.78 is 5.30. The number of alkyl carbamates (subject to hydrolysis) is 1. The SMILES string of the molecule is CCN(C)C(=O)C(NC(=O)[C@@H]1CCCN1C(=O)[C@@H](NC(=O)OC(C)(C)C)C(C)C)C(C)C. The maximum Gasteiger partial charge on any atom is 0.408 e. The summed E-state index contributed by atoms with van der Waals surface area (Å²) >= 11 is 0. The van der Waals surface area contributed by atoms with Crippen LogP contribution in [0.4, 0.5) is 4.79 Å². The number of hydrogen-bond donors (Lipinski definition) is 2. The van der Waals surface area contributed by atoms with Crippen molar-refractivity contribution in [3.05, 3.63) is 0 Å². The number of carbonyl (C=O) groups is 4. The first-order chi connectivity index (χ1) is 14.7.